The van der Waals surface area contributed by atoms with E-state index in [0.717, 1.165) is 99.5 Å². The highest BCUT2D eigenvalue weighted by molar-refractivity contribution is 6.18. The van der Waals surface area contributed by atoms with Crippen molar-refractivity contribution in [2.24, 2.45) is 56.7 Å². The molecule has 3 aliphatic rings. The predicted molar refractivity (Wildman–Crippen MR) is 529 cm³/mol. The van der Waals surface area contributed by atoms with Crippen LogP contribution in [0.3, 0.4) is 0 Å². The maximum Gasteiger partial charge on any atom is 0.295 e. The first-order valence-corrected chi connectivity index (χ1v) is 46.6. The van der Waals surface area contributed by atoms with Gasteiger partial charge in [-0.15, -0.1) is 0 Å². The van der Waals surface area contributed by atoms with Crippen molar-refractivity contribution in [3.05, 3.63) is 245 Å². The van der Waals surface area contributed by atoms with Crippen LogP contribution >= 0.6 is 0 Å². The van der Waals surface area contributed by atoms with E-state index < -0.39 is 24.5 Å². The van der Waals surface area contributed by atoms with E-state index >= 15 is 0 Å². The number of aromatic nitrogens is 6. The maximum atomic E-state index is 9.21. The van der Waals surface area contributed by atoms with Gasteiger partial charge < -0.3 is 0 Å². The summed E-state index contributed by atoms with van der Waals surface area (Å²) < 4.78 is 68.3. The van der Waals surface area contributed by atoms with Crippen molar-refractivity contribution in [2.75, 3.05) is 0 Å². The molecule has 642 valence electrons. The fraction of sp³-hybridized carbons (Fsp3) is 0.462. The molecule has 0 saturated heterocycles. The summed E-state index contributed by atoms with van der Waals surface area (Å²) in [4.78, 5) is 0. The third kappa shape index (κ3) is 13.2. The number of hydrogen-bond donors (Lipinski definition) is 0. The highest BCUT2D eigenvalue weighted by Crippen LogP contribution is 2.59. The zero-order valence-electron chi connectivity index (χ0n) is 87.5. The van der Waals surface area contributed by atoms with Gasteiger partial charge in [0.1, 0.15) is 16.6 Å². The first-order chi connectivity index (χ1) is 59.9. The average Bonchev–Trinajstić information content (AvgIpc) is 1.55. The van der Waals surface area contributed by atoms with Crippen LogP contribution in [0.1, 0.15) is 292 Å². The van der Waals surface area contributed by atoms with Crippen LogP contribution in [0.5, 0.6) is 0 Å². The van der Waals surface area contributed by atoms with E-state index in [1.54, 1.807) is 0 Å². The molecule has 9 heterocycles. The SMILES string of the molecule is Cc1ccc2c3c(C)ccc4c3n3c(c(-c5cc(CC(C)C)cc(CC(C)C)c5)[n+](C)c3c2c1C)C(C)(C)C4(C)C.[2H]C([2H])([2H])C1(C)c2c(-c3cc(CC(C)C)cc(CC(C)C)c3)[n+](C)c3c4c(C)c(C)ccc4c4c(C)ccc(c4n23)C1(C)C.[2H]C([2H])([2H])c1ccc2c3c1c1ccc(C)c(C)c1c1n3c(c(-c3cc(CC(C)C)cc(CC(C)C)c3)[n+]1C)C(C)(C)C2(C)C. The summed E-state index contributed by atoms with van der Waals surface area (Å²) in [7, 11) is 6.70. The predicted octanol–water partition coefficient (Wildman–Crippen LogP) is 28.9. The Kier molecular flexibility index (Phi) is 19.5. The summed E-state index contributed by atoms with van der Waals surface area (Å²) in [6.45, 7) is 66.6. The summed E-state index contributed by atoms with van der Waals surface area (Å²) in [5.41, 5.74) is 38.4. The summed E-state index contributed by atoms with van der Waals surface area (Å²) in [6.07, 6.45) is 6.26. The van der Waals surface area contributed by atoms with Crippen LogP contribution in [-0.2, 0) is 92.2 Å². The second-order valence-corrected chi connectivity index (χ2v) is 44.2. The Morgan fingerprint density at radius 2 is 0.504 bits per heavy atom. The molecule has 0 saturated carbocycles. The van der Waals surface area contributed by atoms with Gasteiger partial charge >= 0.3 is 0 Å². The minimum atomic E-state index is -2.26. The number of pyridine rings is 3. The molecule has 15 aromatic rings. The molecule has 9 aromatic carbocycles. The van der Waals surface area contributed by atoms with Crippen LogP contribution in [0.2, 0.25) is 0 Å². The monoisotopic (exact) mass is 1640 g/mol. The number of benzene rings is 9. The van der Waals surface area contributed by atoms with E-state index in [1.807, 2.05) is 13.0 Å². The van der Waals surface area contributed by atoms with Gasteiger partial charge in [-0.2, -0.15) is 13.2 Å². The van der Waals surface area contributed by atoms with Crippen LogP contribution in [0, 0.1) is 97.7 Å². The molecule has 6 aromatic heterocycles. The quantitative estimate of drug-likeness (QED) is 0.0722. The smallest absolute Gasteiger partial charge is 0.225 e. The van der Waals surface area contributed by atoms with Gasteiger partial charge in [0.2, 0.25) is 0 Å². The summed E-state index contributed by atoms with van der Waals surface area (Å²) in [5.74, 6) is 3.41. The highest BCUT2D eigenvalue weighted by Gasteiger charge is 2.57. The molecule has 0 bridgehead atoms. The van der Waals surface area contributed by atoms with Gasteiger partial charge in [0.15, 0.2) is 34.2 Å². The Hall–Kier alpha value is -9.39. The third-order valence-electron chi connectivity index (χ3n) is 31.1. The lowest BCUT2D eigenvalue weighted by molar-refractivity contribution is -0.632. The molecule has 6 nitrogen and oxygen atoms in total. The maximum absolute atomic E-state index is 9.21. The van der Waals surface area contributed by atoms with E-state index in [1.165, 1.54) is 166 Å². The fourth-order valence-corrected chi connectivity index (χ4v) is 23.1. The Labute approximate surface area is 747 Å². The van der Waals surface area contributed by atoms with E-state index in [0.29, 0.717) is 41.1 Å². The molecule has 1 unspecified atom stereocenters. The van der Waals surface area contributed by atoms with Crippen LogP contribution in [0.15, 0.2) is 127 Å². The van der Waals surface area contributed by atoms with Crippen LogP contribution in [-0.4, -0.2) is 13.2 Å². The Morgan fingerprint density at radius 1 is 0.276 bits per heavy atom. The highest BCUT2D eigenvalue weighted by atomic mass is 15.2. The fourth-order valence-electron chi connectivity index (χ4n) is 23.1. The molecule has 0 amide bonds. The molecule has 1 atom stereocenters. The van der Waals surface area contributed by atoms with E-state index in [4.69, 9.17) is 4.11 Å². The number of hydrogen-bond acceptors (Lipinski definition) is 0. The van der Waals surface area contributed by atoms with E-state index in [2.05, 4.69) is 377 Å². The second kappa shape index (κ2) is 30.2. The van der Waals surface area contributed by atoms with Crippen molar-refractivity contribution in [1.82, 2.24) is 13.2 Å². The lowest BCUT2D eigenvalue weighted by Gasteiger charge is -2.43. The third-order valence-corrected chi connectivity index (χ3v) is 31.1. The van der Waals surface area contributed by atoms with Crippen LogP contribution in [0.4, 0.5) is 0 Å². The van der Waals surface area contributed by atoms with Gasteiger partial charge in [-0.05, 0) is 256 Å². The first kappa shape index (κ1) is 79.5. The number of imidazole rings is 3. The number of fused-ring (bicyclic) bond motifs is 9. The standard InChI is InChI=1S/3C39H49N2/c3*1-22(2)17-27-19-28(18-23(3)4)21-29(20-27)34-36-39(10,11)38(8,9)31-16-14-25(6)32-30-15-13-24(5)26(7)33(30)37(40(34)12)41(36)35(31)32/h3*13-16,19-23H,17-18H2,1-12H3/q3*+1/i10D3;6D3;. The van der Waals surface area contributed by atoms with Crippen LogP contribution in [0.25, 0.3) is 116 Å². The van der Waals surface area contributed by atoms with Crippen molar-refractivity contribution in [2.45, 2.75) is 299 Å². The molecule has 3 aliphatic heterocycles. The van der Waals surface area contributed by atoms with Gasteiger partial charge in [-0.1, -0.05) is 257 Å². The average molecular weight is 1640 g/mol. The van der Waals surface area contributed by atoms with Crippen molar-refractivity contribution in [1.29, 1.82) is 0 Å². The molecule has 0 N–H and O–H groups in total. The number of nitrogens with zero attached hydrogens (tertiary/aromatic N) is 6. The Balaban J connectivity index is 0.000000142. The summed E-state index contributed by atoms with van der Waals surface area (Å²) in [5, 5.41) is 10.9. The molecule has 0 spiro atoms. The normalized spacial score (nSPS) is 17.6. The molecule has 0 radical (unpaired) electrons. The number of rotatable bonds is 15. The zero-order chi connectivity index (χ0) is 94.3. The summed E-state index contributed by atoms with van der Waals surface area (Å²) in [6, 6.07) is 48.5. The lowest BCUT2D eigenvalue weighted by atomic mass is 9.60. The largest absolute Gasteiger partial charge is 0.295 e. The lowest BCUT2D eigenvalue weighted by Crippen LogP contribution is -2.44. The Bertz CT molecular complexity index is 7120. The Morgan fingerprint density at radius 3 is 0.748 bits per heavy atom. The van der Waals surface area contributed by atoms with Gasteiger partial charge in [-0.3, -0.25) is 0 Å². The van der Waals surface area contributed by atoms with Gasteiger partial charge in [0.05, 0.1) is 37.3 Å². The second-order valence-electron chi connectivity index (χ2n) is 44.2. The molecule has 18 rings (SSSR count). The van der Waals surface area contributed by atoms with Gasteiger partial charge in [0, 0.05) is 106 Å². The zero-order valence-corrected chi connectivity index (χ0v) is 81.5. The molecule has 0 fully saturated rings. The van der Waals surface area contributed by atoms with Gasteiger partial charge in [0.25, 0.3) is 16.9 Å². The first-order valence-electron chi connectivity index (χ1n) is 49.6. The van der Waals surface area contributed by atoms with Crippen molar-refractivity contribution in [3.63, 3.8) is 0 Å². The molecule has 6 heteroatoms. The minimum Gasteiger partial charge on any atom is -0.225 e. The van der Waals surface area contributed by atoms with Gasteiger partial charge in [-0.25, -0.2) is 13.7 Å². The molecule has 123 heavy (non-hydrogen) atoms. The van der Waals surface area contributed by atoms with Crippen molar-refractivity contribution in [3.8, 4) is 33.8 Å². The van der Waals surface area contributed by atoms with Crippen molar-refractivity contribution < 1.29 is 21.9 Å². The van der Waals surface area contributed by atoms with E-state index in [-0.39, 0.29) is 21.7 Å². The van der Waals surface area contributed by atoms with Crippen LogP contribution < -0.4 is 13.7 Å². The van der Waals surface area contributed by atoms with Crippen molar-refractivity contribution >= 4 is 82.0 Å². The topological polar surface area (TPSA) is 24.9 Å². The summed E-state index contributed by atoms with van der Waals surface area (Å²) >= 11 is 0. The number of aryl methyl sites for hydroxylation is 12. The molecular formula is C117H147N6+3. The van der Waals surface area contributed by atoms with E-state index in [9.17, 15) is 4.11 Å². The molecular weight excluding hydrogens is 1490 g/mol. The molecule has 0 aliphatic carbocycles. The minimum absolute atomic E-state index is 0.0499.